The Labute approximate surface area is 795 Å². The van der Waals surface area contributed by atoms with Gasteiger partial charge in [-0.05, 0) is 272 Å². The number of likely N-dealkylation sites (N-methyl/N-ethyl adjacent to an activating group) is 3. The van der Waals surface area contributed by atoms with Gasteiger partial charge < -0.3 is 43.9 Å². The maximum absolute atomic E-state index is 18.9. The lowest BCUT2D eigenvalue weighted by Gasteiger charge is -2.60. The minimum absolute atomic E-state index is 0.316. The van der Waals surface area contributed by atoms with Gasteiger partial charge >= 0.3 is 7.82 Å². The molecular weight excluding hydrogens is 1760 g/mol. The molecule has 6 aromatic heterocycles. The number of aromatic nitrogens is 6. The third-order valence-corrected chi connectivity index (χ3v) is 37.2. The highest BCUT2D eigenvalue weighted by Gasteiger charge is 2.66. The number of nitrogens with zero attached hydrogens (tertiary/aromatic N) is 6. The molecule has 0 bridgehead atoms. The Kier molecular flexibility index (Phi) is 27.8. The van der Waals surface area contributed by atoms with Crippen LogP contribution in [0.4, 0.5) is 0 Å². The van der Waals surface area contributed by atoms with Gasteiger partial charge in [0.15, 0.2) is 29.5 Å². The Bertz CT molecular complexity index is 6100. The molecule has 0 radical (unpaired) electrons. The second-order valence-electron chi connectivity index (χ2n) is 44.4. The standard InChI is InChI=1S/C108H144N9O13PS3/c1-25-115(52-31-55-125-88-49-46-82(91-85-58-70(4)64-109-97(85)112-94(88)91)73-34-28-37-79(61-73)132(119,120)76-40-41-76)67-106(100(7,8)9,101(10,11)12)128-131(118,129-107(102(13,14)15,103(16,17)18)68-116(26-2)53-32-56-126-89-50-47-83(92-86-59-71(5)65-110-98(86)113-95(89)92)74-35-29-38-80(62-74)133(121,122)77-42-43-77)130-108(104(19,20)21,105(22,23)24)69-117(27-3)54-33-57-127-90-51-48-84(93-87-60-72(6)66-111-99(87)114-96(90)93)75-36-30-39-81(63-75)134(123,124)78-44-45-78/h28-30,34-39,46-51,58-66,76-78H,25-27,31-33,40-45,52-57,67-69H2,1-24H3,(H,109,112)(H,110,113)(H,111,114). The average molecular weight is 1900 g/mol. The number of fused-ring (bicyclic) bond motifs is 9. The molecule has 0 unspecified atom stereocenters. The van der Waals surface area contributed by atoms with Gasteiger partial charge in [-0.2, -0.15) is 0 Å². The molecule has 0 amide bonds. The maximum Gasteiger partial charge on any atom is 0.476 e. The van der Waals surface area contributed by atoms with Crippen LogP contribution in [0, 0.1) is 53.3 Å². The lowest BCUT2D eigenvalue weighted by Crippen LogP contribution is -2.65. The van der Waals surface area contributed by atoms with Crippen LogP contribution >= 0.6 is 7.82 Å². The predicted molar refractivity (Wildman–Crippen MR) is 544 cm³/mol. The fourth-order valence-corrected chi connectivity index (χ4v) is 29.1. The molecule has 15 rings (SSSR count). The van der Waals surface area contributed by atoms with Crippen molar-refractivity contribution < 1.29 is 57.6 Å². The monoisotopic (exact) mass is 1900 g/mol. The quantitative estimate of drug-likeness (QED) is 0.0239. The van der Waals surface area contributed by atoms with Gasteiger partial charge in [0.1, 0.15) is 51.0 Å². The van der Waals surface area contributed by atoms with Crippen LogP contribution in [0.25, 0.3) is 99.2 Å². The molecule has 3 aliphatic rings. The number of aryl methyl sites for hydroxylation is 3. The highest BCUT2D eigenvalue weighted by molar-refractivity contribution is 7.93. The number of benzene rings is 6. The minimum Gasteiger partial charge on any atom is -0.491 e. The summed E-state index contributed by atoms with van der Waals surface area (Å²) in [4.78, 5) is 33.5. The number of sulfone groups is 3. The van der Waals surface area contributed by atoms with Crippen LogP contribution in [0.1, 0.15) is 220 Å². The number of phosphoric acid groups is 1. The van der Waals surface area contributed by atoms with E-state index in [1.165, 1.54) is 0 Å². The van der Waals surface area contributed by atoms with Crippen LogP contribution in [0.15, 0.2) is 161 Å². The molecule has 3 saturated carbocycles. The molecule has 0 aliphatic heterocycles. The van der Waals surface area contributed by atoms with Gasteiger partial charge in [-0.1, -0.05) is 182 Å². The van der Waals surface area contributed by atoms with Crippen LogP contribution in [-0.2, 0) is 47.6 Å². The average Bonchev–Trinajstić information content (AvgIpc) is 0.958. The molecule has 22 nitrogen and oxygen atoms in total. The number of H-pyrrole nitrogens is 3. The van der Waals surface area contributed by atoms with E-state index in [0.717, 1.165) is 98.9 Å². The zero-order chi connectivity index (χ0) is 96.9. The number of hydrogen-bond acceptors (Lipinski definition) is 19. The van der Waals surface area contributed by atoms with Gasteiger partial charge in [0.05, 0.1) is 66.8 Å². The fraction of sp³-hybridized carbons (Fsp3) is 0.528. The van der Waals surface area contributed by atoms with Crippen molar-refractivity contribution in [3.05, 3.63) is 163 Å². The molecule has 26 heteroatoms. The zero-order valence-corrected chi connectivity index (χ0v) is 86.9. The number of phosphoric ester groups is 1. The Morgan fingerprint density at radius 3 is 0.828 bits per heavy atom. The van der Waals surface area contributed by atoms with E-state index in [2.05, 4.69) is 193 Å². The molecule has 3 aliphatic carbocycles. The molecule has 0 saturated heterocycles. The predicted octanol–water partition coefficient (Wildman–Crippen LogP) is 24.8. The number of rotatable bonds is 39. The van der Waals surface area contributed by atoms with Crippen molar-refractivity contribution in [3.63, 3.8) is 0 Å². The molecule has 0 spiro atoms. The Balaban J connectivity index is 0.754. The van der Waals surface area contributed by atoms with Crippen molar-refractivity contribution in [1.82, 2.24) is 44.6 Å². The summed E-state index contributed by atoms with van der Waals surface area (Å²) < 4.78 is 147. The molecule has 12 aromatic rings. The zero-order valence-electron chi connectivity index (χ0n) is 83.6. The summed E-state index contributed by atoms with van der Waals surface area (Å²) in [5.74, 6) is 1.94. The van der Waals surface area contributed by atoms with Crippen LogP contribution < -0.4 is 14.2 Å². The second kappa shape index (κ2) is 37.3. The Morgan fingerprint density at radius 1 is 0.358 bits per heavy atom. The SMILES string of the molecule is CCN(CCCOc1ccc(-c2cccc(S(=O)(=O)C3CC3)c2)c2c1[nH]c1ncc(C)cc12)CC(OP(=O)(OC(CN(CC)CCCOc1ccc(-c2cccc(S(=O)(=O)C3CC3)c2)c2c1[nH]c1ncc(C)cc12)(C(C)(C)C)C(C)(C)C)OC(CN(CC)CCCOc1ccc(-c2cccc(S(=O)(=O)C3CC3)c2)c2c1[nH]c1ncc(C)cc12)(C(C)(C)C)C(C)(C)C)(C(C)(C)C)C(C)(C)C. The van der Waals surface area contributed by atoms with Crippen molar-refractivity contribution in [3.8, 4) is 50.6 Å². The molecule has 6 heterocycles. The number of pyridine rings is 3. The van der Waals surface area contributed by atoms with Crippen LogP contribution in [0.5, 0.6) is 17.2 Å². The van der Waals surface area contributed by atoms with E-state index in [9.17, 15) is 25.3 Å². The molecule has 3 fully saturated rings. The number of nitrogens with one attached hydrogen (secondary N) is 3. The number of ether oxygens (including phenoxy) is 3. The van der Waals surface area contributed by atoms with E-state index >= 15 is 4.57 Å². The van der Waals surface area contributed by atoms with Crippen molar-refractivity contribution in [1.29, 1.82) is 0 Å². The summed E-state index contributed by atoms with van der Waals surface area (Å²) in [5.41, 5.74) is 3.83. The van der Waals surface area contributed by atoms with Gasteiger partial charge in [-0.15, -0.1) is 0 Å². The Hall–Kier alpha value is -8.59. The third-order valence-electron chi connectivity index (χ3n) is 28.8. The van der Waals surface area contributed by atoms with Crippen molar-refractivity contribution in [2.45, 2.75) is 271 Å². The number of aromatic amines is 3. The first-order chi connectivity index (χ1) is 62.8. The molecule has 0 atom stereocenters. The second-order valence-corrected chi connectivity index (χ2v) is 52.5. The highest BCUT2D eigenvalue weighted by atomic mass is 32.2. The summed E-state index contributed by atoms with van der Waals surface area (Å²) in [7, 11) is -15.5. The topological polar surface area (TPSA) is 271 Å². The molecule has 722 valence electrons. The first-order valence-corrected chi connectivity index (χ1v) is 54.5. The summed E-state index contributed by atoms with van der Waals surface area (Å²) in [6.07, 6.45) is 11.3. The van der Waals surface area contributed by atoms with Gasteiger partial charge in [0.2, 0.25) is 0 Å². The van der Waals surface area contributed by atoms with E-state index < -0.39 is 86.6 Å². The molecule has 3 N–H and O–H groups in total. The Morgan fingerprint density at radius 2 is 0.604 bits per heavy atom. The van der Waals surface area contributed by atoms with Crippen LogP contribution in [0.3, 0.4) is 0 Å². The van der Waals surface area contributed by atoms with Crippen LogP contribution in [0.2, 0.25) is 0 Å². The molecule has 134 heavy (non-hydrogen) atoms. The van der Waals surface area contributed by atoms with Crippen molar-refractivity contribution in [2.75, 3.05) is 78.7 Å². The van der Waals surface area contributed by atoms with E-state index in [0.29, 0.717) is 185 Å². The van der Waals surface area contributed by atoms with Gasteiger partial charge in [-0.3, -0.25) is 13.6 Å². The van der Waals surface area contributed by atoms with Crippen molar-refractivity contribution in [2.24, 2.45) is 32.5 Å². The lowest BCUT2D eigenvalue weighted by atomic mass is 9.62. The molecular formula is C108H144N9O13PS3. The van der Waals surface area contributed by atoms with E-state index in [1.54, 1.807) is 36.4 Å². The first kappa shape index (κ1) is 99.9. The third kappa shape index (κ3) is 19.7. The van der Waals surface area contributed by atoms with E-state index in [4.69, 9.17) is 42.7 Å². The van der Waals surface area contributed by atoms with E-state index in [-0.39, 0.29) is 15.7 Å². The first-order valence-electron chi connectivity index (χ1n) is 48.4. The number of hydrogen-bond donors (Lipinski definition) is 3. The lowest BCUT2D eigenvalue weighted by molar-refractivity contribution is -0.212. The fourth-order valence-electron chi connectivity index (χ4n) is 20.9. The van der Waals surface area contributed by atoms with Gasteiger partial charge in [0.25, 0.3) is 0 Å². The summed E-state index contributed by atoms with van der Waals surface area (Å²) in [6.45, 7) is 57.4. The normalized spacial score (nSPS) is 15.4. The largest absolute Gasteiger partial charge is 0.491 e. The summed E-state index contributed by atoms with van der Waals surface area (Å²) >= 11 is 0. The molecule has 6 aromatic carbocycles. The smallest absolute Gasteiger partial charge is 0.476 e. The van der Waals surface area contributed by atoms with Gasteiger partial charge in [-0.25, -0.2) is 44.8 Å². The highest BCUT2D eigenvalue weighted by Crippen LogP contribution is 2.70. The van der Waals surface area contributed by atoms with E-state index in [1.807, 2.05) is 112 Å². The van der Waals surface area contributed by atoms with Gasteiger partial charge in [0, 0.05) is 90.2 Å². The van der Waals surface area contributed by atoms with Crippen molar-refractivity contribution >= 4 is 103 Å². The summed E-state index contributed by atoms with van der Waals surface area (Å²) in [5, 5.41) is 4.39. The minimum atomic E-state index is -5.08. The van der Waals surface area contributed by atoms with Crippen LogP contribution in [-0.4, -0.2) is 181 Å². The maximum atomic E-state index is 18.9. The summed E-state index contributed by atoms with van der Waals surface area (Å²) in [6, 6.07) is 40.3.